The number of hydrogen-bond acceptors (Lipinski definition) is 7. The molecule has 0 unspecified atom stereocenters. The maximum absolute atomic E-state index is 14.4. The number of benzene rings is 3. The molecule has 1 aliphatic rings. The summed E-state index contributed by atoms with van der Waals surface area (Å²) in [6.45, 7) is 9.01. The molecule has 0 saturated carbocycles. The van der Waals surface area contributed by atoms with E-state index in [1.807, 2.05) is 18.2 Å². The molecule has 1 aromatic heterocycles. The zero-order valence-corrected chi connectivity index (χ0v) is 25.8. The number of imide groups is 1. The van der Waals surface area contributed by atoms with E-state index >= 15 is 0 Å². The molecule has 4 aromatic rings. The number of nitrogen functional groups attached to an aromatic ring is 1. The van der Waals surface area contributed by atoms with E-state index in [-0.39, 0.29) is 28.5 Å². The molecule has 0 aliphatic carbocycles. The van der Waals surface area contributed by atoms with Crippen LogP contribution in [0, 0.1) is 0 Å². The first-order valence-corrected chi connectivity index (χ1v) is 14.9. The van der Waals surface area contributed by atoms with Crippen molar-refractivity contribution in [1.29, 1.82) is 0 Å². The Morgan fingerprint density at radius 3 is 2.30 bits per heavy atom. The fourth-order valence-corrected chi connectivity index (χ4v) is 5.35. The summed E-state index contributed by atoms with van der Waals surface area (Å²) in [5, 5.41) is 0. The van der Waals surface area contributed by atoms with Crippen LogP contribution in [0.4, 0.5) is 11.4 Å². The molecule has 44 heavy (non-hydrogen) atoms. The predicted octanol–water partition coefficient (Wildman–Crippen LogP) is 6.50. The van der Waals surface area contributed by atoms with Gasteiger partial charge in [0.15, 0.2) is 0 Å². The summed E-state index contributed by atoms with van der Waals surface area (Å²) < 4.78 is 11.9. The Morgan fingerprint density at radius 1 is 0.955 bits per heavy atom. The molecule has 3 aromatic carbocycles. The first-order valence-electron chi connectivity index (χ1n) is 14.9. The standard InChI is InChI=1S/C36H40N4O4/c1-36(2,3)27-12-15-30(33(22-27)44-29-17-20-39(21-18-29)24-25-8-6-5-7-9-25)35(42)40(32-23-38-19-16-31(32)37)34(41)26-10-13-28(43-4)14-11-26/h5-16,19,22-23,29H,17-18,20-21,24H2,1-4H3,(H2,37,38). The first-order chi connectivity index (χ1) is 21.1. The highest BCUT2D eigenvalue weighted by Gasteiger charge is 2.32. The molecular weight excluding hydrogens is 552 g/mol. The van der Waals surface area contributed by atoms with Gasteiger partial charge in [-0.1, -0.05) is 57.2 Å². The molecule has 2 N–H and O–H groups in total. The Morgan fingerprint density at radius 2 is 1.66 bits per heavy atom. The topological polar surface area (TPSA) is 98.0 Å². The number of likely N-dealkylation sites (tertiary alicyclic amines) is 1. The van der Waals surface area contributed by atoms with Gasteiger partial charge in [0.1, 0.15) is 17.6 Å². The van der Waals surface area contributed by atoms with Gasteiger partial charge in [0, 0.05) is 31.4 Å². The Labute approximate surface area is 259 Å². The summed E-state index contributed by atoms with van der Waals surface area (Å²) in [6.07, 6.45) is 4.53. The second-order valence-corrected chi connectivity index (χ2v) is 12.1. The van der Waals surface area contributed by atoms with Crippen LogP contribution in [-0.4, -0.2) is 48.0 Å². The number of nitrogens with zero attached hydrogens (tertiary/aromatic N) is 3. The predicted molar refractivity (Wildman–Crippen MR) is 173 cm³/mol. The third kappa shape index (κ3) is 7.09. The van der Waals surface area contributed by atoms with Gasteiger partial charge in [0.05, 0.1) is 30.2 Å². The SMILES string of the molecule is COc1ccc(C(=O)N(C(=O)c2ccc(C(C)(C)C)cc2OC2CCN(Cc3ccccc3)CC2)c2cnccc2N)cc1. The Balaban J connectivity index is 1.45. The molecule has 0 spiro atoms. The van der Waals surface area contributed by atoms with Gasteiger partial charge in [-0.25, -0.2) is 4.90 Å². The minimum atomic E-state index is -0.539. The van der Waals surface area contributed by atoms with Crippen molar-refractivity contribution in [2.45, 2.75) is 51.7 Å². The van der Waals surface area contributed by atoms with Crippen LogP contribution in [-0.2, 0) is 12.0 Å². The summed E-state index contributed by atoms with van der Waals surface area (Å²) in [6, 6.07) is 24.2. The fourth-order valence-electron chi connectivity index (χ4n) is 5.35. The normalized spacial score (nSPS) is 14.2. The van der Waals surface area contributed by atoms with Crippen molar-refractivity contribution in [2.24, 2.45) is 0 Å². The first kappa shape index (κ1) is 30.8. The van der Waals surface area contributed by atoms with Crippen molar-refractivity contribution < 1.29 is 19.1 Å². The number of methoxy groups -OCH3 is 1. The molecule has 0 radical (unpaired) electrons. The van der Waals surface area contributed by atoms with E-state index in [9.17, 15) is 9.59 Å². The second-order valence-electron chi connectivity index (χ2n) is 12.1. The number of hydrogen-bond donors (Lipinski definition) is 1. The number of amides is 2. The Hall–Kier alpha value is -4.69. The van der Waals surface area contributed by atoms with Crippen LogP contribution in [0.15, 0.2) is 91.3 Å². The van der Waals surface area contributed by atoms with Gasteiger partial charge >= 0.3 is 0 Å². The van der Waals surface area contributed by atoms with Crippen LogP contribution in [0.5, 0.6) is 11.5 Å². The Kier molecular flexibility index (Phi) is 9.30. The van der Waals surface area contributed by atoms with E-state index in [1.165, 1.54) is 18.0 Å². The number of nitrogens with two attached hydrogens (primary N) is 1. The fraction of sp³-hybridized carbons (Fsp3) is 0.306. The number of rotatable bonds is 8. The smallest absolute Gasteiger partial charge is 0.269 e. The number of carbonyl (C=O) groups excluding carboxylic acids is 2. The number of carbonyl (C=O) groups is 2. The highest BCUT2D eigenvalue weighted by Crippen LogP contribution is 2.34. The second kappa shape index (κ2) is 13.3. The van der Waals surface area contributed by atoms with Gasteiger partial charge < -0.3 is 15.2 Å². The highest BCUT2D eigenvalue weighted by molar-refractivity contribution is 6.27. The number of piperidine rings is 1. The molecule has 1 saturated heterocycles. The van der Waals surface area contributed by atoms with Crippen molar-refractivity contribution in [1.82, 2.24) is 9.88 Å². The maximum atomic E-state index is 14.4. The summed E-state index contributed by atoms with van der Waals surface area (Å²) in [5.41, 5.74) is 9.49. The van der Waals surface area contributed by atoms with Crippen LogP contribution in [0.3, 0.4) is 0 Å². The van der Waals surface area contributed by atoms with Gasteiger partial charge in [-0.2, -0.15) is 0 Å². The van der Waals surface area contributed by atoms with Gasteiger partial charge in [-0.3, -0.25) is 19.5 Å². The molecular formula is C36H40N4O4. The molecule has 2 amide bonds. The lowest BCUT2D eigenvalue weighted by Gasteiger charge is -2.33. The van der Waals surface area contributed by atoms with Gasteiger partial charge in [-0.05, 0) is 71.8 Å². The third-order valence-corrected chi connectivity index (χ3v) is 7.97. The Bertz CT molecular complexity index is 1590. The van der Waals surface area contributed by atoms with Crippen LogP contribution in [0.1, 0.15) is 65.5 Å². The number of aromatic nitrogens is 1. The van der Waals surface area contributed by atoms with Crippen molar-refractivity contribution in [3.8, 4) is 11.5 Å². The number of anilines is 2. The molecule has 0 bridgehead atoms. The highest BCUT2D eigenvalue weighted by atomic mass is 16.5. The number of pyridine rings is 1. The van der Waals surface area contributed by atoms with E-state index < -0.39 is 11.8 Å². The van der Waals surface area contributed by atoms with E-state index in [0.717, 1.165) is 42.9 Å². The van der Waals surface area contributed by atoms with Gasteiger partial charge in [0.2, 0.25) is 0 Å². The molecule has 1 aliphatic heterocycles. The van der Waals surface area contributed by atoms with Crippen molar-refractivity contribution in [2.75, 3.05) is 30.8 Å². The molecule has 8 heteroatoms. The average molecular weight is 593 g/mol. The summed E-state index contributed by atoms with van der Waals surface area (Å²) in [7, 11) is 1.55. The maximum Gasteiger partial charge on any atom is 0.269 e. The minimum Gasteiger partial charge on any atom is -0.497 e. The molecule has 0 atom stereocenters. The van der Waals surface area contributed by atoms with Crippen LogP contribution < -0.4 is 20.1 Å². The zero-order chi connectivity index (χ0) is 31.3. The van der Waals surface area contributed by atoms with Crippen LogP contribution >= 0.6 is 0 Å². The van der Waals surface area contributed by atoms with Crippen molar-refractivity contribution in [3.05, 3.63) is 114 Å². The van der Waals surface area contributed by atoms with Crippen LogP contribution in [0.2, 0.25) is 0 Å². The van der Waals surface area contributed by atoms with E-state index in [0.29, 0.717) is 17.1 Å². The third-order valence-electron chi connectivity index (χ3n) is 7.97. The lowest BCUT2D eigenvalue weighted by Crippen LogP contribution is -2.39. The monoisotopic (exact) mass is 592 g/mol. The quantitative estimate of drug-likeness (QED) is 0.233. The molecule has 8 nitrogen and oxygen atoms in total. The van der Waals surface area contributed by atoms with E-state index in [2.05, 4.69) is 54.9 Å². The molecule has 5 rings (SSSR count). The average Bonchev–Trinajstić information content (AvgIpc) is 3.03. The summed E-state index contributed by atoms with van der Waals surface area (Å²) in [5.74, 6) is -0.0116. The largest absolute Gasteiger partial charge is 0.497 e. The minimum absolute atomic E-state index is 0.0713. The van der Waals surface area contributed by atoms with Crippen molar-refractivity contribution >= 4 is 23.2 Å². The lowest BCUT2D eigenvalue weighted by molar-refractivity contribution is 0.0870. The summed E-state index contributed by atoms with van der Waals surface area (Å²) in [4.78, 5) is 36.1. The zero-order valence-electron chi connectivity index (χ0n) is 25.8. The number of ether oxygens (including phenoxy) is 2. The molecule has 1 fully saturated rings. The molecule has 2 heterocycles. The lowest BCUT2D eigenvalue weighted by atomic mass is 9.86. The van der Waals surface area contributed by atoms with Crippen LogP contribution in [0.25, 0.3) is 0 Å². The summed E-state index contributed by atoms with van der Waals surface area (Å²) >= 11 is 0. The van der Waals surface area contributed by atoms with E-state index in [4.69, 9.17) is 15.2 Å². The van der Waals surface area contributed by atoms with Crippen molar-refractivity contribution in [3.63, 3.8) is 0 Å². The van der Waals surface area contributed by atoms with Gasteiger partial charge in [-0.15, -0.1) is 0 Å². The molecule has 228 valence electrons. The van der Waals surface area contributed by atoms with Gasteiger partial charge in [0.25, 0.3) is 11.8 Å². The van der Waals surface area contributed by atoms with E-state index in [1.54, 1.807) is 43.5 Å².